The lowest BCUT2D eigenvalue weighted by Gasteiger charge is -2.13. The van der Waals surface area contributed by atoms with E-state index in [9.17, 15) is 4.79 Å². The highest BCUT2D eigenvalue weighted by Gasteiger charge is 2.15. The molecule has 4 nitrogen and oxygen atoms in total. The van der Waals surface area contributed by atoms with Gasteiger partial charge in [0, 0.05) is 17.1 Å². The standard InChI is InChI=1S/C14H15ClN2O2S/c1-19-14(18)11-7-9(16)8-12(15)13(11)17-5-4-10-3-2-6-20-10/h2-3,6-8,17H,4-5,16H2,1H3. The van der Waals surface area contributed by atoms with Crippen molar-refractivity contribution in [3.8, 4) is 0 Å². The highest BCUT2D eigenvalue weighted by Crippen LogP contribution is 2.29. The smallest absolute Gasteiger partial charge is 0.340 e. The third-order valence-electron chi connectivity index (χ3n) is 2.77. The van der Waals surface area contributed by atoms with Crippen molar-refractivity contribution in [1.29, 1.82) is 0 Å². The van der Waals surface area contributed by atoms with Gasteiger partial charge in [0.05, 0.1) is 23.4 Å². The first-order chi connectivity index (χ1) is 9.61. The molecular weight excluding hydrogens is 296 g/mol. The van der Waals surface area contributed by atoms with Crippen molar-refractivity contribution in [3.05, 3.63) is 45.1 Å². The quantitative estimate of drug-likeness (QED) is 0.656. The van der Waals surface area contributed by atoms with Crippen LogP contribution in [-0.2, 0) is 11.2 Å². The van der Waals surface area contributed by atoms with Crippen LogP contribution in [-0.4, -0.2) is 19.6 Å². The number of carbonyl (C=O) groups is 1. The topological polar surface area (TPSA) is 64.3 Å². The van der Waals surface area contributed by atoms with Gasteiger partial charge in [0.1, 0.15) is 0 Å². The van der Waals surface area contributed by atoms with Crippen molar-refractivity contribution in [1.82, 2.24) is 0 Å². The summed E-state index contributed by atoms with van der Waals surface area (Å²) in [5.41, 5.74) is 7.05. The molecule has 106 valence electrons. The van der Waals surface area contributed by atoms with Crippen molar-refractivity contribution in [2.75, 3.05) is 24.7 Å². The molecule has 0 amide bonds. The predicted molar refractivity (Wildman–Crippen MR) is 83.7 cm³/mol. The third-order valence-corrected chi connectivity index (χ3v) is 4.01. The molecule has 2 rings (SSSR count). The Balaban J connectivity index is 2.15. The van der Waals surface area contributed by atoms with E-state index in [2.05, 4.69) is 11.4 Å². The number of thiophene rings is 1. The molecule has 3 N–H and O–H groups in total. The molecule has 0 atom stereocenters. The lowest BCUT2D eigenvalue weighted by molar-refractivity contribution is 0.0602. The summed E-state index contributed by atoms with van der Waals surface area (Å²) in [5, 5.41) is 5.63. The van der Waals surface area contributed by atoms with Gasteiger partial charge in [0.25, 0.3) is 0 Å². The number of hydrogen-bond acceptors (Lipinski definition) is 5. The number of ether oxygens (including phenoxy) is 1. The molecule has 0 aliphatic carbocycles. The van der Waals surface area contributed by atoms with Crippen LogP contribution >= 0.6 is 22.9 Å². The summed E-state index contributed by atoms with van der Waals surface area (Å²) in [5.74, 6) is -0.460. The molecule has 0 unspecified atom stereocenters. The Labute approximate surface area is 126 Å². The van der Waals surface area contributed by atoms with Gasteiger partial charge in [-0.25, -0.2) is 4.79 Å². The van der Waals surface area contributed by atoms with Gasteiger partial charge in [-0.15, -0.1) is 11.3 Å². The average Bonchev–Trinajstić information content (AvgIpc) is 2.93. The van der Waals surface area contributed by atoms with Gasteiger partial charge < -0.3 is 15.8 Å². The fourth-order valence-corrected chi connectivity index (χ4v) is 2.85. The molecule has 20 heavy (non-hydrogen) atoms. The van der Waals surface area contributed by atoms with Crippen molar-refractivity contribution in [2.45, 2.75) is 6.42 Å². The van der Waals surface area contributed by atoms with Crippen molar-refractivity contribution < 1.29 is 9.53 Å². The number of hydrogen-bond donors (Lipinski definition) is 2. The van der Waals surface area contributed by atoms with Crippen molar-refractivity contribution in [3.63, 3.8) is 0 Å². The molecule has 0 radical (unpaired) electrons. The monoisotopic (exact) mass is 310 g/mol. The highest BCUT2D eigenvalue weighted by atomic mass is 35.5. The molecular formula is C14H15ClN2O2S. The largest absolute Gasteiger partial charge is 0.465 e. The van der Waals surface area contributed by atoms with Gasteiger partial charge in [-0.05, 0) is 30.0 Å². The Morgan fingerprint density at radius 2 is 2.30 bits per heavy atom. The minimum Gasteiger partial charge on any atom is -0.465 e. The Kier molecular flexibility index (Phi) is 4.87. The maximum atomic E-state index is 11.8. The Bertz CT molecular complexity index is 599. The number of esters is 1. The highest BCUT2D eigenvalue weighted by molar-refractivity contribution is 7.09. The zero-order chi connectivity index (χ0) is 14.5. The average molecular weight is 311 g/mol. The van der Waals surface area contributed by atoms with Crippen LogP contribution < -0.4 is 11.1 Å². The number of nitrogen functional groups attached to an aromatic ring is 1. The zero-order valence-corrected chi connectivity index (χ0v) is 12.6. The number of benzene rings is 1. The second-order valence-corrected chi connectivity index (χ2v) is 5.61. The summed E-state index contributed by atoms with van der Waals surface area (Å²) in [6.45, 7) is 0.675. The Morgan fingerprint density at radius 3 is 2.95 bits per heavy atom. The van der Waals surface area contributed by atoms with Crippen LogP contribution in [0.25, 0.3) is 0 Å². The molecule has 1 heterocycles. The number of methoxy groups -OCH3 is 1. The third kappa shape index (κ3) is 3.43. The summed E-state index contributed by atoms with van der Waals surface area (Å²) in [7, 11) is 1.33. The number of nitrogens with one attached hydrogen (secondary N) is 1. The first-order valence-electron chi connectivity index (χ1n) is 6.05. The normalized spacial score (nSPS) is 10.3. The fraction of sp³-hybridized carbons (Fsp3) is 0.214. The lowest BCUT2D eigenvalue weighted by Crippen LogP contribution is -2.11. The predicted octanol–water partition coefficient (Wildman–Crippen LogP) is 3.42. The first kappa shape index (κ1) is 14.7. The minimum absolute atomic E-state index is 0.351. The molecule has 0 saturated heterocycles. The molecule has 0 spiro atoms. The van der Waals surface area contributed by atoms with Gasteiger partial charge >= 0.3 is 5.97 Å². The molecule has 0 bridgehead atoms. The number of anilines is 2. The summed E-state index contributed by atoms with van der Waals surface area (Å²) in [6, 6.07) is 7.25. The number of halogens is 1. The lowest BCUT2D eigenvalue weighted by atomic mass is 10.1. The van der Waals surface area contributed by atoms with E-state index in [0.717, 1.165) is 6.42 Å². The summed E-state index contributed by atoms with van der Waals surface area (Å²) >= 11 is 7.84. The molecule has 6 heteroatoms. The zero-order valence-electron chi connectivity index (χ0n) is 11.0. The van der Waals surface area contributed by atoms with Gasteiger partial charge in [0.2, 0.25) is 0 Å². The van der Waals surface area contributed by atoms with Crippen LogP contribution in [0.4, 0.5) is 11.4 Å². The maximum Gasteiger partial charge on any atom is 0.340 e. The van der Waals surface area contributed by atoms with Crippen LogP contribution in [0, 0.1) is 0 Å². The van der Waals surface area contributed by atoms with Crippen molar-refractivity contribution >= 4 is 40.3 Å². The Morgan fingerprint density at radius 1 is 1.50 bits per heavy atom. The number of nitrogens with two attached hydrogens (primary N) is 1. The second-order valence-electron chi connectivity index (χ2n) is 4.17. The van der Waals surface area contributed by atoms with E-state index < -0.39 is 5.97 Å². The maximum absolute atomic E-state index is 11.8. The van der Waals surface area contributed by atoms with Crippen LogP contribution in [0.1, 0.15) is 15.2 Å². The molecule has 1 aromatic carbocycles. The summed E-state index contributed by atoms with van der Waals surface area (Å²) in [4.78, 5) is 13.0. The number of rotatable bonds is 5. The van der Waals surface area contributed by atoms with Crippen LogP contribution in [0.2, 0.25) is 5.02 Å². The van der Waals surface area contributed by atoms with E-state index in [1.54, 1.807) is 23.5 Å². The van der Waals surface area contributed by atoms with E-state index in [-0.39, 0.29) is 0 Å². The molecule has 0 fully saturated rings. The molecule has 0 aliphatic rings. The fourth-order valence-electron chi connectivity index (χ4n) is 1.84. The Hall–Kier alpha value is -1.72. The van der Waals surface area contributed by atoms with Crippen LogP contribution in [0.5, 0.6) is 0 Å². The minimum atomic E-state index is -0.460. The van der Waals surface area contributed by atoms with Gasteiger partial charge in [0.15, 0.2) is 0 Å². The molecule has 2 aromatic rings. The molecule has 1 aromatic heterocycles. The van der Waals surface area contributed by atoms with E-state index in [0.29, 0.717) is 28.5 Å². The van der Waals surface area contributed by atoms with Crippen LogP contribution in [0.15, 0.2) is 29.6 Å². The van der Waals surface area contributed by atoms with E-state index in [1.807, 2.05) is 11.4 Å². The van der Waals surface area contributed by atoms with Gasteiger partial charge in [-0.3, -0.25) is 0 Å². The molecule has 0 saturated carbocycles. The van der Waals surface area contributed by atoms with Crippen molar-refractivity contribution in [2.24, 2.45) is 0 Å². The van der Waals surface area contributed by atoms with Crippen LogP contribution in [0.3, 0.4) is 0 Å². The summed E-state index contributed by atoms with van der Waals surface area (Å²) in [6.07, 6.45) is 0.860. The van der Waals surface area contributed by atoms with E-state index in [1.165, 1.54) is 12.0 Å². The van der Waals surface area contributed by atoms with Gasteiger partial charge in [-0.2, -0.15) is 0 Å². The molecule has 0 aliphatic heterocycles. The van der Waals surface area contributed by atoms with E-state index in [4.69, 9.17) is 22.1 Å². The SMILES string of the molecule is COC(=O)c1cc(N)cc(Cl)c1NCCc1cccs1. The van der Waals surface area contributed by atoms with Gasteiger partial charge in [-0.1, -0.05) is 17.7 Å². The van der Waals surface area contributed by atoms with E-state index >= 15 is 0 Å². The second kappa shape index (κ2) is 6.63. The first-order valence-corrected chi connectivity index (χ1v) is 7.31. The number of carbonyl (C=O) groups excluding carboxylic acids is 1. The summed E-state index contributed by atoms with van der Waals surface area (Å²) < 4.78 is 4.75.